The lowest BCUT2D eigenvalue weighted by Crippen LogP contribution is -2.56. The first-order valence-corrected chi connectivity index (χ1v) is 12.1. The number of para-hydroxylation sites is 2. The highest BCUT2D eigenvalue weighted by molar-refractivity contribution is 6.07. The predicted molar refractivity (Wildman–Crippen MR) is 126 cm³/mol. The molecule has 0 unspecified atom stereocenters. The molecule has 2 fully saturated rings. The summed E-state index contributed by atoms with van der Waals surface area (Å²) in [4.78, 5) is 30.3. The molecule has 1 aromatic heterocycles. The van der Waals surface area contributed by atoms with Crippen molar-refractivity contribution in [3.63, 3.8) is 0 Å². The molecule has 0 spiro atoms. The van der Waals surface area contributed by atoms with Gasteiger partial charge in [0.15, 0.2) is 17.6 Å². The fourth-order valence-electron chi connectivity index (χ4n) is 5.50. The lowest BCUT2D eigenvalue weighted by Gasteiger charge is -2.40. The molecule has 0 radical (unpaired) electrons. The van der Waals surface area contributed by atoms with Crippen LogP contribution in [0.3, 0.4) is 0 Å². The molecule has 0 bridgehead atoms. The van der Waals surface area contributed by atoms with Gasteiger partial charge >= 0.3 is 6.03 Å². The number of carbonyl (C=O) groups is 2. The van der Waals surface area contributed by atoms with Crippen LogP contribution in [0.15, 0.2) is 30.5 Å². The Morgan fingerprint density at radius 2 is 1.91 bits per heavy atom. The molecule has 4 heterocycles. The van der Waals surface area contributed by atoms with E-state index in [4.69, 9.17) is 9.47 Å². The Morgan fingerprint density at radius 3 is 2.59 bits per heavy atom. The Morgan fingerprint density at radius 1 is 1.18 bits per heavy atom. The van der Waals surface area contributed by atoms with E-state index in [0.717, 1.165) is 32.5 Å². The summed E-state index contributed by atoms with van der Waals surface area (Å²) in [6.07, 6.45) is 3.85. The number of likely N-dealkylation sites (tertiary alicyclic amines) is 1. The van der Waals surface area contributed by atoms with Crippen LogP contribution in [0.4, 0.5) is 4.79 Å². The van der Waals surface area contributed by atoms with E-state index in [1.54, 1.807) is 0 Å². The third kappa shape index (κ3) is 3.91. The van der Waals surface area contributed by atoms with Crippen LogP contribution in [0.2, 0.25) is 0 Å². The average molecular weight is 468 g/mol. The van der Waals surface area contributed by atoms with Crippen molar-refractivity contribution in [2.75, 3.05) is 26.2 Å². The molecule has 34 heavy (non-hydrogen) atoms. The molecule has 3 aliphatic rings. The minimum atomic E-state index is -0.846. The monoisotopic (exact) mass is 467 g/mol. The van der Waals surface area contributed by atoms with Crippen LogP contribution in [0.1, 0.15) is 37.4 Å². The highest BCUT2D eigenvalue weighted by Crippen LogP contribution is 2.37. The summed E-state index contributed by atoms with van der Waals surface area (Å²) < 4.78 is 13.7. The number of nitrogens with zero attached hydrogens (tertiary/aromatic N) is 4. The zero-order chi connectivity index (χ0) is 23.9. The van der Waals surface area contributed by atoms with E-state index in [1.807, 2.05) is 49.1 Å². The number of aromatic nitrogens is 2. The number of aryl methyl sites for hydroxylation is 1. The summed E-state index contributed by atoms with van der Waals surface area (Å²) in [7, 11) is 1.96. The average Bonchev–Trinajstić information content (AvgIpc) is 3.30. The number of amides is 3. The van der Waals surface area contributed by atoms with Gasteiger partial charge in [0.25, 0.3) is 5.91 Å². The summed E-state index contributed by atoms with van der Waals surface area (Å²) in [5, 5.41) is 7.43. The zero-order valence-electron chi connectivity index (χ0n) is 20.1. The van der Waals surface area contributed by atoms with Gasteiger partial charge in [0, 0.05) is 24.8 Å². The second-order valence-electron chi connectivity index (χ2n) is 9.60. The van der Waals surface area contributed by atoms with Crippen LogP contribution in [0.25, 0.3) is 0 Å². The van der Waals surface area contributed by atoms with Crippen LogP contribution < -0.4 is 14.8 Å². The number of fused-ring (bicyclic) bond motifs is 1. The van der Waals surface area contributed by atoms with Crippen LogP contribution in [0.5, 0.6) is 11.5 Å². The van der Waals surface area contributed by atoms with Gasteiger partial charge in [-0.1, -0.05) is 19.1 Å². The van der Waals surface area contributed by atoms with Gasteiger partial charge in [0.2, 0.25) is 0 Å². The Hall–Kier alpha value is -3.07. The molecule has 1 N–H and O–H groups in total. The molecule has 3 aliphatic heterocycles. The van der Waals surface area contributed by atoms with Crippen molar-refractivity contribution in [3.8, 4) is 11.5 Å². The topological polar surface area (TPSA) is 88.9 Å². The van der Waals surface area contributed by atoms with Gasteiger partial charge in [-0.2, -0.15) is 5.10 Å². The van der Waals surface area contributed by atoms with Crippen molar-refractivity contribution in [2.24, 2.45) is 13.0 Å². The Kier molecular flexibility index (Phi) is 5.97. The van der Waals surface area contributed by atoms with E-state index in [-0.39, 0.29) is 30.5 Å². The van der Waals surface area contributed by atoms with Crippen molar-refractivity contribution in [1.29, 1.82) is 0 Å². The normalized spacial score (nSPS) is 25.6. The first-order chi connectivity index (χ1) is 16.4. The molecule has 9 nitrogen and oxygen atoms in total. The predicted octanol–water partition coefficient (Wildman–Crippen LogP) is 2.48. The number of rotatable bonds is 6. The first kappa shape index (κ1) is 22.7. The lowest BCUT2D eigenvalue weighted by atomic mass is 9.75. The van der Waals surface area contributed by atoms with Gasteiger partial charge in [-0.05, 0) is 57.3 Å². The zero-order valence-corrected chi connectivity index (χ0v) is 20.1. The van der Waals surface area contributed by atoms with E-state index in [9.17, 15) is 9.59 Å². The number of urea groups is 1. The summed E-state index contributed by atoms with van der Waals surface area (Å²) in [5.74, 6) is 1.30. The van der Waals surface area contributed by atoms with E-state index < -0.39 is 5.54 Å². The molecular formula is C25H33N5O4. The molecule has 182 valence electrons. The molecule has 2 saturated heterocycles. The highest BCUT2D eigenvalue weighted by atomic mass is 16.6. The number of carbonyl (C=O) groups excluding carboxylic acids is 2. The van der Waals surface area contributed by atoms with E-state index >= 15 is 0 Å². The minimum Gasteiger partial charge on any atom is -0.486 e. The molecule has 9 heteroatoms. The molecule has 0 aliphatic carbocycles. The van der Waals surface area contributed by atoms with E-state index in [1.165, 1.54) is 16.2 Å². The van der Waals surface area contributed by atoms with E-state index in [2.05, 4.69) is 22.2 Å². The van der Waals surface area contributed by atoms with Crippen LogP contribution >= 0.6 is 0 Å². The molecular weight excluding hydrogens is 434 g/mol. The Labute approximate surface area is 200 Å². The Bertz CT molecular complexity index is 1080. The number of nitrogens with one attached hydrogen (secondary N) is 1. The lowest BCUT2D eigenvalue weighted by molar-refractivity contribution is -0.135. The highest BCUT2D eigenvalue weighted by Gasteiger charge is 2.55. The largest absolute Gasteiger partial charge is 0.486 e. The SMILES string of the molecule is CC[C@@]1(C2CCN(Cc3cnn(C)c3C)CC2)NC(=O)N(C[C@@H]2COc3ccccc3O2)C1=O. The van der Waals surface area contributed by atoms with Gasteiger partial charge < -0.3 is 14.8 Å². The molecule has 0 saturated carbocycles. The number of imide groups is 1. The summed E-state index contributed by atoms with van der Waals surface area (Å²) in [6, 6.07) is 7.12. The number of benzene rings is 1. The molecule has 5 rings (SSSR count). The molecule has 2 atom stereocenters. The molecule has 3 amide bonds. The van der Waals surface area contributed by atoms with E-state index in [0.29, 0.717) is 24.5 Å². The quantitative estimate of drug-likeness (QED) is 0.657. The van der Waals surface area contributed by atoms with Crippen molar-refractivity contribution < 1.29 is 19.1 Å². The smallest absolute Gasteiger partial charge is 0.325 e. The van der Waals surface area contributed by atoms with Crippen LogP contribution in [-0.2, 0) is 18.4 Å². The van der Waals surface area contributed by atoms with Gasteiger partial charge in [-0.25, -0.2) is 4.79 Å². The summed E-state index contributed by atoms with van der Waals surface area (Å²) in [5.41, 5.74) is 1.57. The fraction of sp³-hybridized carbons (Fsp3) is 0.560. The van der Waals surface area contributed by atoms with Crippen molar-refractivity contribution in [2.45, 2.75) is 51.3 Å². The van der Waals surface area contributed by atoms with Gasteiger partial charge in [0.05, 0.1) is 12.7 Å². The third-order valence-electron chi connectivity index (χ3n) is 7.73. The maximum atomic E-state index is 13.6. The van der Waals surface area contributed by atoms with Gasteiger partial charge in [-0.3, -0.25) is 19.3 Å². The fourth-order valence-corrected chi connectivity index (χ4v) is 5.50. The van der Waals surface area contributed by atoms with Crippen molar-refractivity contribution in [1.82, 2.24) is 24.9 Å². The number of ether oxygens (including phenoxy) is 2. The van der Waals surface area contributed by atoms with Crippen LogP contribution in [0, 0.1) is 12.8 Å². The van der Waals surface area contributed by atoms with Crippen LogP contribution in [-0.4, -0.2) is 69.4 Å². The number of hydrogen-bond donors (Lipinski definition) is 1. The van der Waals surface area contributed by atoms with Crippen molar-refractivity contribution in [3.05, 3.63) is 41.7 Å². The second-order valence-corrected chi connectivity index (χ2v) is 9.60. The third-order valence-corrected chi connectivity index (χ3v) is 7.73. The second kappa shape index (κ2) is 8.94. The molecule has 1 aromatic carbocycles. The summed E-state index contributed by atoms with van der Waals surface area (Å²) >= 11 is 0. The number of hydrogen-bond acceptors (Lipinski definition) is 6. The maximum Gasteiger partial charge on any atom is 0.325 e. The van der Waals surface area contributed by atoms with Crippen molar-refractivity contribution >= 4 is 11.9 Å². The maximum absolute atomic E-state index is 13.6. The summed E-state index contributed by atoms with van der Waals surface area (Å²) in [6.45, 7) is 7.20. The molecule has 2 aromatic rings. The minimum absolute atomic E-state index is 0.106. The Balaban J connectivity index is 1.23. The first-order valence-electron chi connectivity index (χ1n) is 12.1. The number of piperidine rings is 1. The van der Waals surface area contributed by atoms with Gasteiger partial charge in [0.1, 0.15) is 12.1 Å². The standard InChI is InChI=1S/C25H33N5O4/c1-4-25(19-9-11-29(12-10-19)14-18-13-26-28(3)17(18)2)23(31)30(24(32)27-25)15-20-16-33-21-7-5-6-8-22(21)34-20/h5-8,13,19-20H,4,9-12,14-16H2,1-3H3,(H,27,32)/t20-,25+/m1/s1. The van der Waals surface area contributed by atoms with Gasteiger partial charge in [-0.15, -0.1) is 0 Å².